The van der Waals surface area contributed by atoms with Gasteiger partial charge in [0.15, 0.2) is 0 Å². The normalized spacial score (nSPS) is 27.7. The van der Waals surface area contributed by atoms with Crippen molar-refractivity contribution in [2.45, 2.75) is 45.3 Å². The Bertz CT molecular complexity index is 466. The fraction of sp³-hybridized carbons (Fsp3) is 0.625. The Hall–Kier alpha value is -1.06. The van der Waals surface area contributed by atoms with E-state index >= 15 is 0 Å². The predicted molar refractivity (Wildman–Crippen MR) is 75.6 cm³/mol. The number of hydrogen-bond acceptors (Lipinski definition) is 3. The molecule has 0 spiro atoms. The number of benzene rings is 1. The van der Waals surface area contributed by atoms with E-state index in [0.29, 0.717) is 6.61 Å². The maximum atomic E-state index is 10.7. The van der Waals surface area contributed by atoms with Crippen LogP contribution >= 0.6 is 0 Å². The van der Waals surface area contributed by atoms with E-state index < -0.39 is 6.10 Å². The molecule has 2 aliphatic rings. The van der Waals surface area contributed by atoms with E-state index in [1.807, 2.05) is 0 Å². The summed E-state index contributed by atoms with van der Waals surface area (Å²) in [4.78, 5) is 2.40. The first-order valence-electron chi connectivity index (χ1n) is 7.33. The minimum atomic E-state index is -0.416. The number of fused-ring (bicyclic) bond motifs is 1. The average Bonchev–Trinajstić information content (AvgIpc) is 2.42. The highest BCUT2D eigenvalue weighted by Crippen LogP contribution is 2.36. The summed E-state index contributed by atoms with van der Waals surface area (Å²) in [7, 11) is 0. The van der Waals surface area contributed by atoms with E-state index in [9.17, 15) is 5.11 Å². The van der Waals surface area contributed by atoms with Crippen LogP contribution < -0.4 is 4.74 Å². The number of rotatable bonds is 1. The van der Waals surface area contributed by atoms with Gasteiger partial charge in [0.25, 0.3) is 0 Å². The molecule has 0 bridgehead atoms. The molecule has 0 radical (unpaired) electrons. The van der Waals surface area contributed by atoms with Gasteiger partial charge in [0.05, 0.1) is 6.04 Å². The van der Waals surface area contributed by atoms with Crippen LogP contribution in [0.2, 0.25) is 0 Å². The summed E-state index contributed by atoms with van der Waals surface area (Å²) in [5.74, 6) is 0.865. The SMILES string of the molecule is Cc1cc2c(cc1C)C(O)C(N1CCCCC1)CO2. The fourth-order valence-electron chi connectivity index (χ4n) is 3.20. The molecule has 2 heterocycles. The van der Waals surface area contributed by atoms with Crippen LogP contribution in [0, 0.1) is 13.8 Å². The molecule has 1 saturated heterocycles. The third-order valence-electron chi connectivity index (χ3n) is 4.58. The third kappa shape index (κ3) is 2.37. The molecule has 3 heteroatoms. The first kappa shape index (κ1) is 12.9. The highest BCUT2D eigenvalue weighted by molar-refractivity contribution is 5.44. The number of aliphatic hydroxyl groups is 1. The summed E-state index contributed by atoms with van der Waals surface area (Å²) in [5, 5.41) is 10.7. The summed E-state index contributed by atoms with van der Waals surface area (Å²) in [5.41, 5.74) is 3.41. The zero-order valence-corrected chi connectivity index (χ0v) is 11.9. The smallest absolute Gasteiger partial charge is 0.125 e. The quantitative estimate of drug-likeness (QED) is 0.843. The number of aryl methyl sites for hydroxylation is 2. The van der Waals surface area contributed by atoms with E-state index in [2.05, 4.69) is 30.9 Å². The summed E-state index contributed by atoms with van der Waals surface area (Å²) in [6.07, 6.45) is 3.38. The van der Waals surface area contributed by atoms with Crippen molar-refractivity contribution in [3.63, 3.8) is 0 Å². The van der Waals surface area contributed by atoms with Crippen molar-refractivity contribution in [1.29, 1.82) is 0 Å². The Labute approximate surface area is 115 Å². The minimum Gasteiger partial charge on any atom is -0.491 e. The molecular weight excluding hydrogens is 238 g/mol. The molecule has 2 aliphatic heterocycles. The number of likely N-dealkylation sites (tertiary alicyclic amines) is 1. The summed E-state index contributed by atoms with van der Waals surface area (Å²) < 4.78 is 5.89. The second-order valence-corrected chi connectivity index (χ2v) is 5.89. The van der Waals surface area contributed by atoms with E-state index in [-0.39, 0.29) is 6.04 Å². The Morgan fingerprint density at radius 2 is 1.79 bits per heavy atom. The van der Waals surface area contributed by atoms with Crippen molar-refractivity contribution >= 4 is 0 Å². The molecule has 19 heavy (non-hydrogen) atoms. The lowest BCUT2D eigenvalue weighted by Gasteiger charge is -2.40. The summed E-state index contributed by atoms with van der Waals surface area (Å²) in [6.45, 7) is 6.96. The van der Waals surface area contributed by atoms with Crippen LogP contribution in [-0.4, -0.2) is 35.7 Å². The molecule has 0 amide bonds. The lowest BCUT2D eigenvalue weighted by molar-refractivity contribution is -0.00440. The molecule has 2 atom stereocenters. The van der Waals surface area contributed by atoms with E-state index in [4.69, 9.17) is 4.74 Å². The second kappa shape index (κ2) is 5.14. The van der Waals surface area contributed by atoms with Gasteiger partial charge in [0.2, 0.25) is 0 Å². The molecule has 104 valence electrons. The van der Waals surface area contributed by atoms with Gasteiger partial charge in [0.1, 0.15) is 18.5 Å². The van der Waals surface area contributed by atoms with Gasteiger partial charge in [-0.1, -0.05) is 6.42 Å². The molecule has 3 nitrogen and oxygen atoms in total. The van der Waals surface area contributed by atoms with Crippen molar-refractivity contribution in [2.24, 2.45) is 0 Å². The number of piperidine rings is 1. The molecule has 1 fully saturated rings. The molecule has 0 saturated carbocycles. The fourth-order valence-corrected chi connectivity index (χ4v) is 3.20. The van der Waals surface area contributed by atoms with Gasteiger partial charge in [-0.2, -0.15) is 0 Å². The van der Waals surface area contributed by atoms with Gasteiger partial charge in [-0.05, 0) is 63.0 Å². The van der Waals surface area contributed by atoms with E-state index in [0.717, 1.165) is 24.4 Å². The third-order valence-corrected chi connectivity index (χ3v) is 4.58. The summed E-state index contributed by atoms with van der Waals surface area (Å²) >= 11 is 0. The second-order valence-electron chi connectivity index (χ2n) is 5.89. The molecule has 2 unspecified atom stereocenters. The number of ether oxygens (including phenoxy) is 1. The molecular formula is C16H23NO2. The first-order valence-corrected chi connectivity index (χ1v) is 7.33. The Morgan fingerprint density at radius 1 is 1.11 bits per heavy atom. The van der Waals surface area contributed by atoms with Gasteiger partial charge < -0.3 is 9.84 Å². The summed E-state index contributed by atoms with van der Waals surface area (Å²) in [6, 6.07) is 4.26. The standard InChI is InChI=1S/C16H23NO2/c1-11-8-13-15(9-12(11)2)19-10-14(16(13)18)17-6-4-3-5-7-17/h8-9,14,16,18H,3-7,10H2,1-2H3. The van der Waals surface area contributed by atoms with Gasteiger partial charge in [-0.25, -0.2) is 0 Å². The van der Waals surface area contributed by atoms with Gasteiger partial charge in [-0.15, -0.1) is 0 Å². The van der Waals surface area contributed by atoms with Crippen molar-refractivity contribution in [3.05, 3.63) is 28.8 Å². The predicted octanol–water partition coefficient (Wildman–Crippen LogP) is 2.58. The lowest BCUT2D eigenvalue weighted by Crippen LogP contribution is -2.48. The van der Waals surface area contributed by atoms with Crippen molar-refractivity contribution < 1.29 is 9.84 Å². The molecule has 3 rings (SSSR count). The van der Waals surface area contributed by atoms with Gasteiger partial charge >= 0.3 is 0 Å². The van der Waals surface area contributed by atoms with Crippen LogP contribution in [0.5, 0.6) is 5.75 Å². The van der Waals surface area contributed by atoms with Crippen LogP contribution in [0.25, 0.3) is 0 Å². The van der Waals surface area contributed by atoms with Crippen LogP contribution in [0.3, 0.4) is 0 Å². The van der Waals surface area contributed by atoms with Gasteiger partial charge in [0, 0.05) is 5.56 Å². The van der Waals surface area contributed by atoms with Crippen molar-refractivity contribution in [2.75, 3.05) is 19.7 Å². The topological polar surface area (TPSA) is 32.7 Å². The zero-order chi connectivity index (χ0) is 13.4. The number of aliphatic hydroxyl groups excluding tert-OH is 1. The lowest BCUT2D eigenvalue weighted by atomic mass is 9.93. The largest absolute Gasteiger partial charge is 0.491 e. The van der Waals surface area contributed by atoms with Crippen LogP contribution in [0.4, 0.5) is 0 Å². The highest BCUT2D eigenvalue weighted by Gasteiger charge is 2.34. The van der Waals surface area contributed by atoms with Crippen LogP contribution in [0.15, 0.2) is 12.1 Å². The number of hydrogen-bond donors (Lipinski definition) is 1. The van der Waals surface area contributed by atoms with E-state index in [1.54, 1.807) is 0 Å². The monoisotopic (exact) mass is 261 g/mol. The molecule has 1 aromatic carbocycles. The number of nitrogens with zero attached hydrogens (tertiary/aromatic N) is 1. The Balaban J connectivity index is 1.86. The average molecular weight is 261 g/mol. The maximum Gasteiger partial charge on any atom is 0.125 e. The van der Waals surface area contributed by atoms with Gasteiger partial charge in [-0.3, -0.25) is 4.90 Å². The highest BCUT2D eigenvalue weighted by atomic mass is 16.5. The Morgan fingerprint density at radius 3 is 2.53 bits per heavy atom. The molecule has 1 N–H and O–H groups in total. The minimum absolute atomic E-state index is 0.120. The maximum absolute atomic E-state index is 10.7. The van der Waals surface area contributed by atoms with Crippen LogP contribution in [-0.2, 0) is 0 Å². The van der Waals surface area contributed by atoms with Crippen LogP contribution in [0.1, 0.15) is 42.1 Å². The van der Waals surface area contributed by atoms with E-state index in [1.165, 1.54) is 30.4 Å². The Kier molecular flexibility index (Phi) is 3.50. The molecule has 0 aliphatic carbocycles. The van der Waals surface area contributed by atoms with Crippen molar-refractivity contribution in [3.8, 4) is 5.75 Å². The van der Waals surface area contributed by atoms with Crippen molar-refractivity contribution in [1.82, 2.24) is 4.90 Å². The zero-order valence-electron chi connectivity index (χ0n) is 11.9. The first-order chi connectivity index (χ1) is 9.16. The molecule has 1 aromatic rings. The molecule has 0 aromatic heterocycles.